The Labute approximate surface area is 134 Å². The van der Waals surface area contributed by atoms with E-state index in [1.807, 2.05) is 6.07 Å². The molecule has 0 radical (unpaired) electrons. The minimum atomic E-state index is -3.69. The van der Waals surface area contributed by atoms with Crippen molar-refractivity contribution in [3.63, 3.8) is 0 Å². The first-order chi connectivity index (χ1) is 10.9. The molecule has 0 saturated heterocycles. The largest absolute Gasteiger partial charge is 0.497 e. The van der Waals surface area contributed by atoms with E-state index in [1.54, 1.807) is 51.4 Å². The second-order valence-electron chi connectivity index (χ2n) is 5.37. The summed E-state index contributed by atoms with van der Waals surface area (Å²) in [6.07, 6.45) is 1.69. The first-order valence-electron chi connectivity index (χ1n) is 7.02. The number of hydrogen-bond donors (Lipinski definition) is 2. The van der Waals surface area contributed by atoms with Crippen LogP contribution in [0.25, 0.3) is 10.9 Å². The zero-order chi connectivity index (χ0) is 16.6. The van der Waals surface area contributed by atoms with Crippen LogP contribution in [0.15, 0.2) is 41.4 Å². The van der Waals surface area contributed by atoms with Crippen LogP contribution in [0, 0.1) is 13.8 Å². The third kappa shape index (κ3) is 2.87. The molecule has 0 aliphatic carbocycles. The highest BCUT2D eigenvalue weighted by molar-refractivity contribution is 7.92. The Balaban J connectivity index is 2.01. The van der Waals surface area contributed by atoms with Crippen molar-refractivity contribution >= 4 is 26.6 Å². The van der Waals surface area contributed by atoms with Crippen molar-refractivity contribution in [3.05, 3.63) is 47.7 Å². The number of ether oxygens (including phenoxy) is 1. The summed E-state index contributed by atoms with van der Waals surface area (Å²) in [5.41, 5.74) is 2.53. The Kier molecular flexibility index (Phi) is 3.73. The second-order valence-corrected chi connectivity index (χ2v) is 6.99. The van der Waals surface area contributed by atoms with E-state index in [9.17, 15) is 8.42 Å². The standard InChI is InChI=1S/C16H17N3O3S/c1-10-6-14(22-3)7-11(2)16(10)23(20,21)19-13-5-4-12-9-17-18-15(12)8-13/h4-9,19H,1-3H3,(H,17,18). The summed E-state index contributed by atoms with van der Waals surface area (Å²) in [5, 5.41) is 7.67. The molecule has 0 aliphatic heterocycles. The van der Waals surface area contributed by atoms with Crippen LogP contribution in [-0.2, 0) is 10.0 Å². The molecule has 1 heterocycles. The van der Waals surface area contributed by atoms with Crippen LogP contribution < -0.4 is 9.46 Å². The van der Waals surface area contributed by atoms with Gasteiger partial charge in [0.05, 0.1) is 29.4 Å². The number of methoxy groups -OCH3 is 1. The first-order valence-corrected chi connectivity index (χ1v) is 8.50. The molecular weight excluding hydrogens is 314 g/mol. The van der Waals surface area contributed by atoms with Crippen molar-refractivity contribution in [2.24, 2.45) is 0 Å². The molecule has 0 unspecified atom stereocenters. The molecular formula is C16H17N3O3S. The molecule has 0 atom stereocenters. The average Bonchev–Trinajstić information content (AvgIpc) is 2.93. The van der Waals surface area contributed by atoms with Gasteiger partial charge in [-0.3, -0.25) is 9.82 Å². The van der Waals surface area contributed by atoms with E-state index in [2.05, 4.69) is 14.9 Å². The van der Waals surface area contributed by atoms with Crippen LogP contribution in [0.1, 0.15) is 11.1 Å². The number of fused-ring (bicyclic) bond motifs is 1. The van der Waals surface area contributed by atoms with E-state index in [4.69, 9.17) is 4.74 Å². The summed E-state index contributed by atoms with van der Waals surface area (Å²) in [6.45, 7) is 3.50. The Morgan fingerprint density at radius 1 is 1.13 bits per heavy atom. The van der Waals surface area contributed by atoms with Gasteiger partial charge in [-0.05, 0) is 55.3 Å². The van der Waals surface area contributed by atoms with Crippen LogP contribution >= 0.6 is 0 Å². The van der Waals surface area contributed by atoms with Gasteiger partial charge in [-0.15, -0.1) is 0 Å². The van der Waals surface area contributed by atoms with Crippen LogP contribution in [0.2, 0.25) is 0 Å². The van der Waals surface area contributed by atoms with Gasteiger partial charge >= 0.3 is 0 Å². The number of aryl methyl sites for hydroxylation is 2. The number of rotatable bonds is 4. The van der Waals surface area contributed by atoms with Crippen molar-refractivity contribution in [3.8, 4) is 5.75 Å². The molecule has 2 aromatic carbocycles. The number of H-pyrrole nitrogens is 1. The minimum Gasteiger partial charge on any atom is -0.497 e. The minimum absolute atomic E-state index is 0.267. The van der Waals surface area contributed by atoms with E-state index in [-0.39, 0.29) is 4.90 Å². The topological polar surface area (TPSA) is 84.1 Å². The highest BCUT2D eigenvalue weighted by Gasteiger charge is 2.20. The highest BCUT2D eigenvalue weighted by atomic mass is 32.2. The molecule has 3 aromatic rings. The van der Waals surface area contributed by atoms with Crippen LogP contribution in [0.4, 0.5) is 5.69 Å². The SMILES string of the molecule is COc1cc(C)c(S(=O)(=O)Nc2ccc3cn[nH]c3c2)c(C)c1. The van der Waals surface area contributed by atoms with E-state index >= 15 is 0 Å². The van der Waals surface area contributed by atoms with Gasteiger partial charge in [-0.2, -0.15) is 5.10 Å². The number of benzene rings is 2. The van der Waals surface area contributed by atoms with E-state index in [0.29, 0.717) is 22.6 Å². The maximum atomic E-state index is 12.7. The predicted molar refractivity (Wildman–Crippen MR) is 89.4 cm³/mol. The highest BCUT2D eigenvalue weighted by Crippen LogP contribution is 2.28. The number of aromatic amines is 1. The summed E-state index contributed by atoms with van der Waals surface area (Å²) < 4.78 is 33.3. The molecule has 2 N–H and O–H groups in total. The zero-order valence-electron chi connectivity index (χ0n) is 13.0. The molecule has 6 nitrogen and oxygen atoms in total. The molecule has 120 valence electrons. The fourth-order valence-electron chi connectivity index (χ4n) is 2.66. The Morgan fingerprint density at radius 2 is 1.83 bits per heavy atom. The lowest BCUT2D eigenvalue weighted by atomic mass is 10.1. The van der Waals surface area contributed by atoms with Crippen LogP contribution in [-0.4, -0.2) is 25.7 Å². The molecule has 3 rings (SSSR count). The summed E-state index contributed by atoms with van der Waals surface area (Å²) in [5.74, 6) is 0.637. The zero-order valence-corrected chi connectivity index (χ0v) is 13.9. The predicted octanol–water partition coefficient (Wildman–Crippen LogP) is 2.99. The first kappa shape index (κ1) is 15.4. The monoisotopic (exact) mass is 331 g/mol. The summed E-state index contributed by atoms with van der Waals surface area (Å²) >= 11 is 0. The smallest absolute Gasteiger partial charge is 0.262 e. The summed E-state index contributed by atoms with van der Waals surface area (Å²) in [4.78, 5) is 0.267. The van der Waals surface area contributed by atoms with Gasteiger partial charge < -0.3 is 4.74 Å². The van der Waals surface area contributed by atoms with Crippen molar-refractivity contribution in [1.82, 2.24) is 10.2 Å². The van der Waals surface area contributed by atoms with Crippen molar-refractivity contribution in [2.45, 2.75) is 18.7 Å². The third-order valence-electron chi connectivity index (χ3n) is 3.63. The van der Waals surface area contributed by atoms with Crippen molar-refractivity contribution in [1.29, 1.82) is 0 Å². The lowest BCUT2D eigenvalue weighted by Crippen LogP contribution is -2.15. The molecule has 0 amide bonds. The lowest BCUT2D eigenvalue weighted by molar-refractivity contribution is 0.413. The van der Waals surface area contributed by atoms with Gasteiger partial charge in [0.2, 0.25) is 0 Å². The molecule has 0 saturated carbocycles. The number of hydrogen-bond acceptors (Lipinski definition) is 4. The van der Waals surface area contributed by atoms with Gasteiger partial charge in [-0.1, -0.05) is 0 Å². The third-order valence-corrected chi connectivity index (χ3v) is 5.32. The molecule has 0 aliphatic rings. The quantitative estimate of drug-likeness (QED) is 0.770. The fourth-order valence-corrected chi connectivity index (χ4v) is 4.16. The van der Waals surface area contributed by atoms with Crippen molar-refractivity contribution in [2.75, 3.05) is 11.8 Å². The molecule has 23 heavy (non-hydrogen) atoms. The van der Waals surface area contributed by atoms with E-state index < -0.39 is 10.0 Å². The molecule has 0 spiro atoms. The lowest BCUT2D eigenvalue weighted by Gasteiger charge is -2.14. The van der Waals surface area contributed by atoms with Gasteiger partial charge in [0.15, 0.2) is 0 Å². The van der Waals surface area contributed by atoms with Crippen LogP contribution in [0.3, 0.4) is 0 Å². The van der Waals surface area contributed by atoms with Gasteiger partial charge in [0, 0.05) is 5.39 Å². The van der Waals surface area contributed by atoms with E-state index in [0.717, 1.165) is 10.9 Å². The normalized spacial score (nSPS) is 11.6. The van der Waals surface area contributed by atoms with Gasteiger partial charge in [0.25, 0.3) is 10.0 Å². The maximum absolute atomic E-state index is 12.7. The Morgan fingerprint density at radius 3 is 2.48 bits per heavy atom. The Bertz CT molecular complexity index is 954. The van der Waals surface area contributed by atoms with E-state index in [1.165, 1.54) is 0 Å². The number of aromatic nitrogens is 2. The molecule has 1 aromatic heterocycles. The summed E-state index contributed by atoms with van der Waals surface area (Å²) in [6, 6.07) is 8.65. The molecule has 7 heteroatoms. The Hall–Kier alpha value is -2.54. The van der Waals surface area contributed by atoms with Gasteiger partial charge in [0.1, 0.15) is 5.75 Å². The number of nitrogens with one attached hydrogen (secondary N) is 2. The second kappa shape index (κ2) is 5.58. The maximum Gasteiger partial charge on any atom is 0.262 e. The summed E-state index contributed by atoms with van der Waals surface area (Å²) in [7, 11) is -2.14. The van der Waals surface area contributed by atoms with Crippen LogP contribution in [0.5, 0.6) is 5.75 Å². The molecule has 0 fully saturated rings. The number of anilines is 1. The number of sulfonamides is 1. The number of nitrogens with zero attached hydrogens (tertiary/aromatic N) is 1. The fraction of sp³-hybridized carbons (Fsp3) is 0.188. The van der Waals surface area contributed by atoms with Gasteiger partial charge in [-0.25, -0.2) is 8.42 Å². The van der Waals surface area contributed by atoms with Crippen molar-refractivity contribution < 1.29 is 13.2 Å². The average molecular weight is 331 g/mol. The molecule has 0 bridgehead atoms.